The maximum atomic E-state index is 12.8. The minimum atomic E-state index is -0.0802. The lowest BCUT2D eigenvalue weighted by Crippen LogP contribution is -2.35. The third-order valence-corrected chi connectivity index (χ3v) is 6.16. The quantitative estimate of drug-likeness (QED) is 0.569. The number of rotatable bonds is 7. The summed E-state index contributed by atoms with van der Waals surface area (Å²) >= 11 is 0. The Balaban J connectivity index is 1.36. The van der Waals surface area contributed by atoms with E-state index in [-0.39, 0.29) is 12.0 Å². The molecule has 0 saturated carbocycles. The fourth-order valence-electron chi connectivity index (χ4n) is 4.10. The SMILES string of the molecule is CN1CCC(Oc2cccc(CNC(=O)c3cccc(-c4ccc(N(C)C)cc4)c3)c2)CC1. The lowest BCUT2D eigenvalue weighted by Gasteiger charge is -2.29. The average Bonchev–Trinajstić information content (AvgIpc) is 2.84. The summed E-state index contributed by atoms with van der Waals surface area (Å²) in [6, 6.07) is 24.1. The van der Waals surface area contributed by atoms with Gasteiger partial charge in [-0.1, -0.05) is 36.4 Å². The van der Waals surface area contributed by atoms with E-state index < -0.39 is 0 Å². The van der Waals surface area contributed by atoms with Crippen LogP contribution in [-0.4, -0.2) is 51.1 Å². The van der Waals surface area contributed by atoms with Gasteiger partial charge < -0.3 is 19.9 Å². The van der Waals surface area contributed by atoms with Gasteiger partial charge in [0.1, 0.15) is 11.9 Å². The molecule has 33 heavy (non-hydrogen) atoms. The molecule has 0 bridgehead atoms. The smallest absolute Gasteiger partial charge is 0.251 e. The van der Waals surface area contributed by atoms with E-state index in [1.165, 1.54) is 0 Å². The third kappa shape index (κ3) is 6.14. The summed E-state index contributed by atoms with van der Waals surface area (Å²) in [5, 5.41) is 3.05. The van der Waals surface area contributed by atoms with Gasteiger partial charge in [-0.3, -0.25) is 4.79 Å². The molecule has 0 radical (unpaired) electrons. The summed E-state index contributed by atoms with van der Waals surface area (Å²) in [5.41, 5.74) is 4.96. The number of piperidine rings is 1. The van der Waals surface area contributed by atoms with Crippen LogP contribution in [0.1, 0.15) is 28.8 Å². The molecule has 3 aromatic carbocycles. The molecule has 1 heterocycles. The van der Waals surface area contributed by atoms with Crippen LogP contribution in [0.4, 0.5) is 5.69 Å². The summed E-state index contributed by atoms with van der Waals surface area (Å²) < 4.78 is 6.18. The van der Waals surface area contributed by atoms with Gasteiger partial charge in [0.05, 0.1) is 0 Å². The van der Waals surface area contributed by atoms with E-state index in [0.29, 0.717) is 12.1 Å². The minimum Gasteiger partial charge on any atom is -0.490 e. The number of carbonyl (C=O) groups excluding carboxylic acids is 1. The van der Waals surface area contributed by atoms with E-state index in [9.17, 15) is 4.79 Å². The Bertz CT molecular complexity index is 1070. The highest BCUT2D eigenvalue weighted by molar-refractivity contribution is 5.95. The van der Waals surface area contributed by atoms with Crippen LogP contribution in [0.25, 0.3) is 11.1 Å². The number of amides is 1. The Morgan fingerprint density at radius 3 is 2.42 bits per heavy atom. The number of ether oxygens (including phenoxy) is 1. The molecule has 0 aliphatic carbocycles. The molecule has 0 aromatic heterocycles. The van der Waals surface area contributed by atoms with E-state index in [1.54, 1.807) is 0 Å². The number of hydrogen-bond donors (Lipinski definition) is 1. The van der Waals surface area contributed by atoms with Gasteiger partial charge in [-0.05, 0) is 73.0 Å². The number of hydrogen-bond acceptors (Lipinski definition) is 4. The Kier molecular flexibility index (Phi) is 7.30. The van der Waals surface area contributed by atoms with Crippen LogP contribution in [-0.2, 0) is 6.54 Å². The van der Waals surface area contributed by atoms with Gasteiger partial charge in [0, 0.05) is 45.0 Å². The number of likely N-dealkylation sites (tertiary alicyclic amines) is 1. The monoisotopic (exact) mass is 443 g/mol. The lowest BCUT2D eigenvalue weighted by atomic mass is 10.0. The van der Waals surface area contributed by atoms with E-state index >= 15 is 0 Å². The number of carbonyl (C=O) groups is 1. The maximum Gasteiger partial charge on any atom is 0.251 e. The zero-order valence-electron chi connectivity index (χ0n) is 19.8. The highest BCUT2D eigenvalue weighted by atomic mass is 16.5. The van der Waals surface area contributed by atoms with Crippen molar-refractivity contribution in [2.75, 3.05) is 39.1 Å². The Morgan fingerprint density at radius 1 is 0.970 bits per heavy atom. The van der Waals surface area contributed by atoms with Crippen LogP contribution in [0.3, 0.4) is 0 Å². The standard InChI is InChI=1S/C28H33N3O2/c1-30(2)25-12-10-22(11-13-25)23-7-5-8-24(19-23)28(32)29-20-21-6-4-9-27(18-21)33-26-14-16-31(3)17-15-26/h4-13,18-19,26H,14-17,20H2,1-3H3,(H,29,32). The molecule has 4 rings (SSSR count). The number of nitrogens with zero attached hydrogens (tertiary/aromatic N) is 2. The van der Waals surface area contributed by atoms with Crippen LogP contribution in [0, 0.1) is 0 Å². The molecule has 5 heteroatoms. The highest BCUT2D eigenvalue weighted by Gasteiger charge is 2.18. The molecular formula is C28H33N3O2. The fraction of sp³-hybridized carbons (Fsp3) is 0.321. The first-order chi connectivity index (χ1) is 16.0. The Labute approximate surface area is 197 Å². The predicted molar refractivity (Wildman–Crippen MR) is 135 cm³/mol. The van der Waals surface area contributed by atoms with Gasteiger partial charge >= 0.3 is 0 Å². The zero-order valence-corrected chi connectivity index (χ0v) is 19.8. The molecule has 3 aromatic rings. The van der Waals surface area contributed by atoms with Gasteiger partial charge in [0.25, 0.3) is 5.91 Å². The van der Waals surface area contributed by atoms with Crippen LogP contribution in [0.2, 0.25) is 0 Å². The summed E-state index contributed by atoms with van der Waals surface area (Å²) in [6.07, 6.45) is 2.36. The van der Waals surface area contributed by atoms with Gasteiger partial charge in [0.2, 0.25) is 0 Å². The molecule has 1 aliphatic heterocycles. The van der Waals surface area contributed by atoms with Crippen molar-refractivity contribution in [1.82, 2.24) is 10.2 Å². The molecule has 1 aliphatic rings. The fourth-order valence-corrected chi connectivity index (χ4v) is 4.10. The van der Waals surface area contributed by atoms with Gasteiger partial charge in [-0.15, -0.1) is 0 Å². The summed E-state index contributed by atoms with van der Waals surface area (Å²) in [4.78, 5) is 17.2. The summed E-state index contributed by atoms with van der Waals surface area (Å²) in [7, 11) is 6.20. The van der Waals surface area contributed by atoms with Crippen molar-refractivity contribution in [3.63, 3.8) is 0 Å². The van der Waals surface area contributed by atoms with Crippen molar-refractivity contribution >= 4 is 11.6 Å². The van der Waals surface area contributed by atoms with Gasteiger partial charge in [-0.2, -0.15) is 0 Å². The van der Waals surface area contributed by atoms with E-state index in [1.807, 2.05) is 62.6 Å². The molecule has 0 atom stereocenters. The van der Waals surface area contributed by atoms with Crippen LogP contribution in [0.5, 0.6) is 5.75 Å². The normalized spacial score (nSPS) is 14.6. The second-order valence-electron chi connectivity index (χ2n) is 8.97. The molecule has 0 spiro atoms. The first-order valence-corrected chi connectivity index (χ1v) is 11.6. The van der Waals surface area contributed by atoms with E-state index in [0.717, 1.165) is 54.1 Å². The molecule has 172 valence electrons. The predicted octanol–water partition coefficient (Wildman–Crippen LogP) is 4.82. The van der Waals surface area contributed by atoms with Crippen molar-refractivity contribution < 1.29 is 9.53 Å². The topological polar surface area (TPSA) is 44.8 Å². The van der Waals surface area contributed by atoms with Crippen LogP contribution in [0.15, 0.2) is 72.8 Å². The van der Waals surface area contributed by atoms with Crippen molar-refractivity contribution in [3.8, 4) is 16.9 Å². The lowest BCUT2D eigenvalue weighted by molar-refractivity contribution is 0.0950. The van der Waals surface area contributed by atoms with Crippen LogP contribution < -0.4 is 15.0 Å². The zero-order chi connectivity index (χ0) is 23.2. The molecule has 1 N–H and O–H groups in total. The van der Waals surface area contributed by atoms with Crippen molar-refractivity contribution in [2.45, 2.75) is 25.5 Å². The second-order valence-corrected chi connectivity index (χ2v) is 8.97. The minimum absolute atomic E-state index is 0.0802. The molecule has 1 amide bonds. The molecular weight excluding hydrogens is 410 g/mol. The Morgan fingerprint density at radius 2 is 1.70 bits per heavy atom. The molecule has 5 nitrogen and oxygen atoms in total. The van der Waals surface area contributed by atoms with Crippen molar-refractivity contribution in [2.24, 2.45) is 0 Å². The number of benzene rings is 3. The average molecular weight is 444 g/mol. The second kappa shape index (κ2) is 10.5. The third-order valence-electron chi connectivity index (χ3n) is 6.16. The maximum absolute atomic E-state index is 12.8. The molecule has 1 fully saturated rings. The number of nitrogens with one attached hydrogen (secondary N) is 1. The summed E-state index contributed by atoms with van der Waals surface area (Å²) in [5.74, 6) is 0.794. The summed E-state index contributed by atoms with van der Waals surface area (Å²) in [6.45, 7) is 2.60. The Hall–Kier alpha value is -3.31. The van der Waals surface area contributed by atoms with E-state index in [2.05, 4.69) is 46.4 Å². The van der Waals surface area contributed by atoms with Crippen molar-refractivity contribution in [3.05, 3.63) is 83.9 Å². The first kappa shape index (κ1) is 22.9. The first-order valence-electron chi connectivity index (χ1n) is 11.6. The van der Waals surface area contributed by atoms with Crippen molar-refractivity contribution in [1.29, 1.82) is 0 Å². The molecule has 0 unspecified atom stereocenters. The van der Waals surface area contributed by atoms with Gasteiger partial charge in [-0.25, -0.2) is 0 Å². The van der Waals surface area contributed by atoms with Gasteiger partial charge in [0.15, 0.2) is 0 Å². The largest absolute Gasteiger partial charge is 0.490 e. The highest BCUT2D eigenvalue weighted by Crippen LogP contribution is 2.24. The van der Waals surface area contributed by atoms with Crippen LogP contribution >= 0.6 is 0 Å². The van der Waals surface area contributed by atoms with E-state index in [4.69, 9.17) is 4.74 Å². The number of anilines is 1. The molecule has 1 saturated heterocycles.